The van der Waals surface area contributed by atoms with Gasteiger partial charge in [0.05, 0.1) is 0 Å². The summed E-state index contributed by atoms with van der Waals surface area (Å²) in [6.45, 7) is 6.24. The van der Waals surface area contributed by atoms with Gasteiger partial charge in [-0.05, 0) is 38.0 Å². The molecule has 0 saturated heterocycles. The number of H-pyrrole nitrogens is 1. The molecule has 2 rings (SSSR count). The van der Waals surface area contributed by atoms with Crippen molar-refractivity contribution < 1.29 is 0 Å². The molecule has 2 heteroatoms. The first-order valence-electron chi connectivity index (χ1n) is 4.94. The Morgan fingerprint density at radius 2 is 1.86 bits per heavy atom. The molecule has 0 bridgehead atoms. The zero-order chi connectivity index (χ0) is 10.3. The molecule has 2 nitrogen and oxygen atoms in total. The molecule has 0 aliphatic carbocycles. The Morgan fingerprint density at radius 3 is 2.43 bits per heavy atom. The summed E-state index contributed by atoms with van der Waals surface area (Å²) in [5.74, 6) is 0. The lowest BCUT2D eigenvalue weighted by Crippen LogP contribution is -2.04. The van der Waals surface area contributed by atoms with Crippen LogP contribution in [0.25, 0.3) is 10.9 Å². The average molecular weight is 188 g/mol. The minimum Gasteiger partial charge on any atom is -0.357 e. The van der Waals surface area contributed by atoms with Crippen LogP contribution in [0.2, 0.25) is 0 Å². The van der Waals surface area contributed by atoms with Gasteiger partial charge in [0, 0.05) is 22.6 Å². The minimum absolute atomic E-state index is 0.0706. The van der Waals surface area contributed by atoms with E-state index in [-0.39, 0.29) is 6.04 Å². The van der Waals surface area contributed by atoms with Gasteiger partial charge in [0.25, 0.3) is 0 Å². The van der Waals surface area contributed by atoms with E-state index in [4.69, 9.17) is 5.73 Å². The summed E-state index contributed by atoms with van der Waals surface area (Å²) >= 11 is 0. The van der Waals surface area contributed by atoms with Gasteiger partial charge in [-0.3, -0.25) is 0 Å². The molecular formula is C12H16N2. The Bertz CT molecular complexity index is 427. The van der Waals surface area contributed by atoms with Crippen LogP contribution in [-0.4, -0.2) is 4.98 Å². The number of hydrogen-bond donors (Lipinski definition) is 2. The van der Waals surface area contributed by atoms with E-state index in [1.807, 2.05) is 6.92 Å². The van der Waals surface area contributed by atoms with Crippen molar-refractivity contribution in [3.8, 4) is 0 Å². The number of nitrogens with one attached hydrogen (secondary N) is 1. The van der Waals surface area contributed by atoms with Crippen LogP contribution in [0.3, 0.4) is 0 Å². The maximum absolute atomic E-state index is 5.85. The number of rotatable bonds is 1. The van der Waals surface area contributed by atoms with Gasteiger partial charge < -0.3 is 10.7 Å². The Hall–Kier alpha value is -1.28. The van der Waals surface area contributed by atoms with Crippen molar-refractivity contribution in [2.45, 2.75) is 26.8 Å². The number of fused-ring (bicyclic) bond motifs is 1. The van der Waals surface area contributed by atoms with Crippen molar-refractivity contribution in [3.05, 3.63) is 35.0 Å². The van der Waals surface area contributed by atoms with Crippen LogP contribution < -0.4 is 5.73 Å². The molecule has 0 fully saturated rings. The Balaban J connectivity index is 2.75. The van der Waals surface area contributed by atoms with E-state index in [0.717, 1.165) is 5.69 Å². The van der Waals surface area contributed by atoms with Gasteiger partial charge in [0.1, 0.15) is 0 Å². The first kappa shape index (κ1) is 9.28. The van der Waals surface area contributed by atoms with Crippen molar-refractivity contribution in [1.29, 1.82) is 0 Å². The molecule has 0 aliphatic heterocycles. The third kappa shape index (κ3) is 1.32. The van der Waals surface area contributed by atoms with E-state index in [0.29, 0.717) is 0 Å². The highest BCUT2D eigenvalue weighted by atomic mass is 14.8. The minimum atomic E-state index is 0.0706. The van der Waals surface area contributed by atoms with Crippen molar-refractivity contribution in [3.63, 3.8) is 0 Å². The highest BCUT2D eigenvalue weighted by molar-refractivity contribution is 5.86. The van der Waals surface area contributed by atoms with Crippen LogP contribution >= 0.6 is 0 Å². The van der Waals surface area contributed by atoms with Crippen molar-refractivity contribution >= 4 is 10.9 Å². The van der Waals surface area contributed by atoms with Crippen molar-refractivity contribution in [1.82, 2.24) is 4.98 Å². The summed E-state index contributed by atoms with van der Waals surface area (Å²) in [4.78, 5) is 3.38. The fourth-order valence-corrected chi connectivity index (χ4v) is 1.77. The molecule has 0 spiro atoms. The molecule has 1 aromatic heterocycles. The quantitative estimate of drug-likeness (QED) is 0.710. The van der Waals surface area contributed by atoms with Gasteiger partial charge in [-0.25, -0.2) is 0 Å². The Labute approximate surface area is 84.1 Å². The fourth-order valence-electron chi connectivity index (χ4n) is 1.77. The lowest BCUT2D eigenvalue weighted by Gasteiger charge is -1.99. The van der Waals surface area contributed by atoms with Gasteiger partial charge >= 0.3 is 0 Å². The molecule has 1 heterocycles. The summed E-state index contributed by atoms with van der Waals surface area (Å²) < 4.78 is 0. The van der Waals surface area contributed by atoms with E-state index in [9.17, 15) is 0 Å². The van der Waals surface area contributed by atoms with E-state index >= 15 is 0 Å². The first-order chi connectivity index (χ1) is 6.59. The lowest BCUT2D eigenvalue weighted by atomic mass is 10.1. The molecule has 0 radical (unpaired) electrons. The molecule has 1 aromatic carbocycles. The molecule has 0 amide bonds. The SMILES string of the molecule is Cc1ccc(C)c2[nH]c(C(C)N)cc12. The maximum atomic E-state index is 5.85. The third-order valence-corrected chi connectivity index (χ3v) is 2.73. The van der Waals surface area contributed by atoms with Crippen LogP contribution in [0.4, 0.5) is 0 Å². The van der Waals surface area contributed by atoms with Crippen molar-refractivity contribution in [2.24, 2.45) is 5.73 Å². The zero-order valence-electron chi connectivity index (χ0n) is 8.89. The van der Waals surface area contributed by atoms with Crippen LogP contribution in [0, 0.1) is 13.8 Å². The summed E-state index contributed by atoms with van der Waals surface area (Å²) in [7, 11) is 0. The number of aromatic amines is 1. The van der Waals surface area contributed by atoms with Crippen LogP contribution in [0.1, 0.15) is 29.8 Å². The number of hydrogen-bond acceptors (Lipinski definition) is 1. The molecule has 14 heavy (non-hydrogen) atoms. The second-order valence-corrected chi connectivity index (χ2v) is 4.00. The molecule has 2 aromatic rings. The van der Waals surface area contributed by atoms with Gasteiger partial charge in [-0.15, -0.1) is 0 Å². The summed E-state index contributed by atoms with van der Waals surface area (Å²) in [6.07, 6.45) is 0. The summed E-state index contributed by atoms with van der Waals surface area (Å²) in [5, 5.41) is 1.29. The molecule has 1 atom stereocenters. The highest BCUT2D eigenvalue weighted by Gasteiger charge is 2.07. The Morgan fingerprint density at radius 1 is 1.21 bits per heavy atom. The monoisotopic (exact) mass is 188 g/mol. The number of benzene rings is 1. The number of aromatic nitrogens is 1. The van der Waals surface area contributed by atoms with Crippen LogP contribution in [0.5, 0.6) is 0 Å². The summed E-state index contributed by atoms with van der Waals surface area (Å²) in [5.41, 5.74) is 10.8. The van der Waals surface area contributed by atoms with E-state index in [1.165, 1.54) is 22.0 Å². The molecule has 0 saturated carbocycles. The molecular weight excluding hydrogens is 172 g/mol. The topological polar surface area (TPSA) is 41.8 Å². The second kappa shape index (κ2) is 3.14. The predicted octanol–water partition coefficient (Wildman–Crippen LogP) is 2.80. The van der Waals surface area contributed by atoms with Gasteiger partial charge in [0.15, 0.2) is 0 Å². The first-order valence-corrected chi connectivity index (χ1v) is 4.94. The smallest absolute Gasteiger partial charge is 0.0488 e. The fraction of sp³-hybridized carbons (Fsp3) is 0.333. The van der Waals surface area contributed by atoms with Crippen molar-refractivity contribution in [2.75, 3.05) is 0 Å². The summed E-state index contributed by atoms with van der Waals surface area (Å²) in [6, 6.07) is 6.51. The standard InChI is InChI=1S/C12H16N2/c1-7-4-5-8(2)12-10(7)6-11(14-12)9(3)13/h4-6,9,14H,13H2,1-3H3. The van der Waals surface area contributed by atoms with Crippen LogP contribution in [0.15, 0.2) is 18.2 Å². The van der Waals surface area contributed by atoms with E-state index in [2.05, 4.69) is 37.0 Å². The van der Waals surface area contributed by atoms with Gasteiger partial charge in [-0.1, -0.05) is 12.1 Å². The van der Waals surface area contributed by atoms with E-state index < -0.39 is 0 Å². The lowest BCUT2D eigenvalue weighted by molar-refractivity contribution is 0.792. The molecule has 74 valence electrons. The molecule has 0 aliphatic rings. The third-order valence-electron chi connectivity index (χ3n) is 2.73. The largest absolute Gasteiger partial charge is 0.357 e. The average Bonchev–Trinajstić information content (AvgIpc) is 2.57. The Kier molecular flexibility index (Phi) is 2.08. The van der Waals surface area contributed by atoms with Gasteiger partial charge in [0.2, 0.25) is 0 Å². The zero-order valence-corrected chi connectivity index (χ0v) is 8.89. The normalized spacial score (nSPS) is 13.4. The predicted molar refractivity (Wildman–Crippen MR) is 60.4 cm³/mol. The number of aryl methyl sites for hydroxylation is 2. The second-order valence-electron chi connectivity index (χ2n) is 4.00. The van der Waals surface area contributed by atoms with E-state index in [1.54, 1.807) is 0 Å². The molecule has 1 unspecified atom stereocenters. The maximum Gasteiger partial charge on any atom is 0.0488 e. The van der Waals surface area contributed by atoms with Gasteiger partial charge in [-0.2, -0.15) is 0 Å². The van der Waals surface area contributed by atoms with Crippen LogP contribution in [-0.2, 0) is 0 Å². The molecule has 3 N–H and O–H groups in total. The highest BCUT2D eigenvalue weighted by Crippen LogP contribution is 2.24. The number of nitrogens with two attached hydrogens (primary N) is 1.